The first-order valence-corrected chi connectivity index (χ1v) is 8.24. The van der Waals surface area contributed by atoms with Crippen molar-refractivity contribution in [3.05, 3.63) is 24.3 Å². The standard InChI is InChI=1S/C18H29NO3/c1-5-8-14-21-16-11-9-15(10-12-16)19-17(20)18(4,13-6-2)22-7-3/h9-12H,5-8,13-14H2,1-4H3,(H,19,20). The molecule has 0 saturated carbocycles. The van der Waals surface area contributed by atoms with Gasteiger partial charge in [0, 0.05) is 12.3 Å². The van der Waals surface area contributed by atoms with Crippen LogP contribution in [0.1, 0.15) is 53.4 Å². The van der Waals surface area contributed by atoms with Gasteiger partial charge in [-0.2, -0.15) is 0 Å². The van der Waals surface area contributed by atoms with Crippen LogP contribution in [0.2, 0.25) is 0 Å². The van der Waals surface area contributed by atoms with Crippen LogP contribution >= 0.6 is 0 Å². The molecule has 0 bridgehead atoms. The highest BCUT2D eigenvalue weighted by atomic mass is 16.5. The predicted octanol–water partition coefficient (Wildman–Crippen LogP) is 4.40. The second kappa shape index (κ2) is 9.46. The van der Waals surface area contributed by atoms with Crippen molar-refractivity contribution >= 4 is 11.6 Å². The summed E-state index contributed by atoms with van der Waals surface area (Å²) in [4.78, 5) is 12.4. The summed E-state index contributed by atoms with van der Waals surface area (Å²) in [5.74, 6) is 0.725. The average Bonchev–Trinajstić information content (AvgIpc) is 2.50. The normalized spacial score (nSPS) is 13.5. The van der Waals surface area contributed by atoms with E-state index < -0.39 is 5.60 Å². The topological polar surface area (TPSA) is 47.6 Å². The molecule has 1 amide bonds. The minimum absolute atomic E-state index is 0.101. The highest BCUT2D eigenvalue weighted by Crippen LogP contribution is 2.22. The Hall–Kier alpha value is -1.55. The summed E-state index contributed by atoms with van der Waals surface area (Å²) in [6.07, 6.45) is 3.75. The van der Waals surface area contributed by atoms with Crippen LogP contribution < -0.4 is 10.1 Å². The summed E-state index contributed by atoms with van der Waals surface area (Å²) in [5, 5.41) is 2.93. The van der Waals surface area contributed by atoms with Crippen LogP contribution in [0.15, 0.2) is 24.3 Å². The van der Waals surface area contributed by atoms with E-state index in [0.717, 1.165) is 37.3 Å². The number of carbonyl (C=O) groups is 1. The van der Waals surface area contributed by atoms with Gasteiger partial charge in [-0.3, -0.25) is 4.79 Å². The van der Waals surface area contributed by atoms with Crippen LogP contribution in [0.3, 0.4) is 0 Å². The Labute approximate surface area is 134 Å². The summed E-state index contributed by atoms with van der Waals surface area (Å²) < 4.78 is 11.3. The van der Waals surface area contributed by atoms with Gasteiger partial charge >= 0.3 is 0 Å². The van der Waals surface area contributed by atoms with E-state index in [-0.39, 0.29) is 5.91 Å². The van der Waals surface area contributed by atoms with Crippen molar-refractivity contribution in [2.24, 2.45) is 0 Å². The third-order valence-electron chi connectivity index (χ3n) is 3.55. The lowest BCUT2D eigenvalue weighted by Crippen LogP contribution is -2.42. The van der Waals surface area contributed by atoms with E-state index >= 15 is 0 Å². The van der Waals surface area contributed by atoms with Crippen LogP contribution in [-0.2, 0) is 9.53 Å². The minimum atomic E-state index is -0.778. The lowest BCUT2D eigenvalue weighted by Gasteiger charge is -2.27. The van der Waals surface area contributed by atoms with Crippen molar-refractivity contribution < 1.29 is 14.3 Å². The maximum absolute atomic E-state index is 12.4. The molecule has 0 aromatic heterocycles. The molecule has 0 aliphatic rings. The summed E-state index contributed by atoms with van der Waals surface area (Å²) in [6, 6.07) is 7.47. The molecule has 0 saturated heterocycles. The lowest BCUT2D eigenvalue weighted by atomic mass is 9.99. The van der Waals surface area contributed by atoms with Gasteiger partial charge in [-0.25, -0.2) is 0 Å². The number of benzene rings is 1. The number of ether oxygens (including phenoxy) is 2. The Kier molecular flexibility index (Phi) is 7.96. The molecule has 0 spiro atoms. The average molecular weight is 307 g/mol. The number of carbonyl (C=O) groups excluding carboxylic acids is 1. The third kappa shape index (κ3) is 5.68. The van der Waals surface area contributed by atoms with Crippen molar-refractivity contribution in [1.82, 2.24) is 0 Å². The van der Waals surface area contributed by atoms with E-state index in [1.54, 1.807) is 0 Å². The molecule has 0 heterocycles. The van der Waals surface area contributed by atoms with E-state index in [0.29, 0.717) is 13.0 Å². The SMILES string of the molecule is CCCCOc1ccc(NC(=O)C(C)(CCC)OCC)cc1. The molecule has 1 atom stereocenters. The summed E-state index contributed by atoms with van der Waals surface area (Å²) in [5.41, 5.74) is -0.0188. The molecule has 124 valence electrons. The number of rotatable bonds is 10. The fraction of sp³-hybridized carbons (Fsp3) is 0.611. The zero-order valence-corrected chi connectivity index (χ0v) is 14.3. The van der Waals surface area contributed by atoms with Crippen LogP contribution in [-0.4, -0.2) is 24.7 Å². The van der Waals surface area contributed by atoms with Gasteiger partial charge in [0.05, 0.1) is 6.61 Å². The van der Waals surface area contributed by atoms with Crippen molar-refractivity contribution in [2.75, 3.05) is 18.5 Å². The van der Waals surface area contributed by atoms with Crippen molar-refractivity contribution in [1.29, 1.82) is 0 Å². The maximum atomic E-state index is 12.4. The fourth-order valence-corrected chi connectivity index (χ4v) is 2.28. The molecule has 22 heavy (non-hydrogen) atoms. The van der Waals surface area contributed by atoms with E-state index in [4.69, 9.17) is 9.47 Å². The molecular formula is C18H29NO3. The highest BCUT2D eigenvalue weighted by molar-refractivity contribution is 5.97. The van der Waals surface area contributed by atoms with Crippen LogP contribution in [0.4, 0.5) is 5.69 Å². The first kappa shape index (κ1) is 18.5. The number of amides is 1. The Bertz CT molecular complexity index is 436. The van der Waals surface area contributed by atoms with Gasteiger partial charge in [-0.1, -0.05) is 26.7 Å². The summed E-state index contributed by atoms with van der Waals surface area (Å²) in [6.45, 7) is 9.18. The Balaban J connectivity index is 2.63. The molecule has 1 N–H and O–H groups in total. The molecular weight excluding hydrogens is 278 g/mol. The van der Waals surface area contributed by atoms with Gasteiger partial charge in [-0.05, 0) is 51.0 Å². The van der Waals surface area contributed by atoms with Crippen molar-refractivity contribution in [3.8, 4) is 5.75 Å². The molecule has 1 aromatic rings. The first-order chi connectivity index (χ1) is 10.6. The molecule has 1 aromatic carbocycles. The molecule has 4 nitrogen and oxygen atoms in total. The second-order valence-corrected chi connectivity index (χ2v) is 5.59. The smallest absolute Gasteiger partial charge is 0.256 e. The molecule has 1 rings (SSSR count). The largest absolute Gasteiger partial charge is 0.494 e. The van der Waals surface area contributed by atoms with Crippen LogP contribution in [0.5, 0.6) is 5.75 Å². The number of hydrogen-bond donors (Lipinski definition) is 1. The zero-order valence-electron chi connectivity index (χ0n) is 14.3. The molecule has 0 fully saturated rings. The monoisotopic (exact) mass is 307 g/mol. The van der Waals surface area contributed by atoms with Crippen LogP contribution in [0.25, 0.3) is 0 Å². The van der Waals surface area contributed by atoms with Gasteiger partial charge in [-0.15, -0.1) is 0 Å². The molecule has 0 radical (unpaired) electrons. The number of anilines is 1. The fourth-order valence-electron chi connectivity index (χ4n) is 2.28. The van der Waals surface area contributed by atoms with Gasteiger partial charge in [0.25, 0.3) is 5.91 Å². The van der Waals surface area contributed by atoms with E-state index in [2.05, 4.69) is 12.2 Å². The number of unbranched alkanes of at least 4 members (excludes halogenated alkanes) is 1. The molecule has 4 heteroatoms. The molecule has 0 aliphatic heterocycles. The number of nitrogens with one attached hydrogen (secondary N) is 1. The van der Waals surface area contributed by atoms with Crippen molar-refractivity contribution in [3.63, 3.8) is 0 Å². The predicted molar refractivity (Wildman–Crippen MR) is 90.4 cm³/mol. The zero-order chi connectivity index (χ0) is 16.4. The van der Waals surface area contributed by atoms with Gasteiger partial charge in [0.2, 0.25) is 0 Å². The first-order valence-electron chi connectivity index (χ1n) is 8.24. The Morgan fingerprint density at radius 3 is 2.36 bits per heavy atom. The van der Waals surface area contributed by atoms with Crippen molar-refractivity contribution in [2.45, 2.75) is 59.0 Å². The Morgan fingerprint density at radius 2 is 1.82 bits per heavy atom. The third-order valence-corrected chi connectivity index (χ3v) is 3.55. The highest BCUT2D eigenvalue weighted by Gasteiger charge is 2.32. The quantitative estimate of drug-likeness (QED) is 0.652. The van der Waals surface area contributed by atoms with Gasteiger partial charge < -0.3 is 14.8 Å². The summed E-state index contributed by atoms with van der Waals surface area (Å²) >= 11 is 0. The summed E-state index contributed by atoms with van der Waals surface area (Å²) in [7, 11) is 0. The van der Waals surface area contributed by atoms with E-state index in [1.807, 2.05) is 45.0 Å². The van der Waals surface area contributed by atoms with E-state index in [1.165, 1.54) is 0 Å². The van der Waals surface area contributed by atoms with E-state index in [9.17, 15) is 4.79 Å². The minimum Gasteiger partial charge on any atom is -0.494 e. The maximum Gasteiger partial charge on any atom is 0.256 e. The Morgan fingerprint density at radius 1 is 1.14 bits per heavy atom. The second-order valence-electron chi connectivity index (χ2n) is 5.59. The van der Waals surface area contributed by atoms with Gasteiger partial charge in [0.1, 0.15) is 11.4 Å². The molecule has 1 unspecified atom stereocenters. The number of hydrogen-bond acceptors (Lipinski definition) is 3. The van der Waals surface area contributed by atoms with Crippen LogP contribution in [0, 0.1) is 0 Å². The van der Waals surface area contributed by atoms with Gasteiger partial charge in [0.15, 0.2) is 0 Å². The molecule has 0 aliphatic carbocycles. The lowest BCUT2D eigenvalue weighted by molar-refractivity contribution is -0.139.